The van der Waals surface area contributed by atoms with E-state index in [1.807, 2.05) is 0 Å². The van der Waals surface area contributed by atoms with Gasteiger partial charge in [-0.1, -0.05) is 0 Å². The highest BCUT2D eigenvalue weighted by atomic mass is 16.6. The van der Waals surface area contributed by atoms with E-state index in [1.165, 1.54) is 48.9 Å². The van der Waals surface area contributed by atoms with Crippen molar-refractivity contribution in [2.45, 2.75) is 31.8 Å². The van der Waals surface area contributed by atoms with E-state index < -0.39 is 28.0 Å². The maximum atomic E-state index is 11.3. The molecular weight excluding hydrogens is 574 g/mol. The van der Waals surface area contributed by atoms with E-state index in [0.29, 0.717) is 81.5 Å². The lowest BCUT2D eigenvalue weighted by molar-refractivity contribution is -0.898. The number of rotatable bonds is 11. The molecule has 4 heterocycles. The first-order chi connectivity index (χ1) is 20.9. The van der Waals surface area contributed by atoms with Gasteiger partial charge in [0.2, 0.25) is 0 Å². The van der Waals surface area contributed by atoms with Crippen molar-refractivity contribution in [3.05, 3.63) is 105 Å². The molecule has 1 aliphatic rings. The molecule has 3 atom stereocenters. The number of quaternary nitrogens is 1. The molecular formula is C28H35N9O7. The van der Waals surface area contributed by atoms with Gasteiger partial charge in [-0.2, -0.15) is 0 Å². The second-order valence-electron chi connectivity index (χ2n) is 10.9. The number of hydrogen-bond donors (Lipinski definition) is 3. The van der Waals surface area contributed by atoms with Gasteiger partial charge >= 0.3 is 5.97 Å². The molecule has 16 heteroatoms. The molecule has 3 aromatic rings. The third kappa shape index (κ3) is 8.77. The maximum Gasteiger partial charge on any atom is 0.323 e. The number of pyridine rings is 3. The van der Waals surface area contributed by atoms with Gasteiger partial charge < -0.3 is 20.4 Å². The van der Waals surface area contributed by atoms with Crippen molar-refractivity contribution in [1.82, 2.24) is 24.8 Å². The standard InChI is InChI=1S/C28H35N9O7/c1-37(19-23-16-25(36(43)44)4-7-32-23)12-10-33(17-21-14-20(2-5-30-21)27(38)26(29)28(39)40)8-9-34(11-13-37)18-22-15-24(35(41)42)3-6-31-22/h2-7,14-16,26-27,38H,1,8-13,17-19,29H2,(H,39,40)/t26-,27-,37?/m0/s1. The van der Waals surface area contributed by atoms with Crippen LogP contribution in [0, 0.1) is 27.3 Å². The Bertz CT molecular complexity index is 1490. The number of hydrogen-bond acceptors (Lipinski definition) is 12. The van der Waals surface area contributed by atoms with E-state index >= 15 is 0 Å². The Hall–Kier alpha value is -4.48. The first-order valence-corrected chi connectivity index (χ1v) is 13.9. The quantitative estimate of drug-likeness (QED) is 0.121. The van der Waals surface area contributed by atoms with Gasteiger partial charge in [0, 0.05) is 82.1 Å². The third-order valence-electron chi connectivity index (χ3n) is 7.61. The summed E-state index contributed by atoms with van der Waals surface area (Å²) >= 11 is 0. The van der Waals surface area contributed by atoms with Crippen molar-refractivity contribution in [3.63, 3.8) is 0 Å². The number of aliphatic carboxylic acids is 1. The van der Waals surface area contributed by atoms with E-state index in [0.717, 1.165) is 0 Å². The summed E-state index contributed by atoms with van der Waals surface area (Å²) in [4.78, 5) is 50.4. The summed E-state index contributed by atoms with van der Waals surface area (Å²) in [6.45, 7) is 4.54. The molecule has 0 radical (unpaired) electrons. The Labute approximate surface area is 253 Å². The van der Waals surface area contributed by atoms with Gasteiger partial charge in [0.1, 0.15) is 12.1 Å². The molecule has 1 unspecified atom stereocenters. The number of aliphatic hydroxyl groups excluding tert-OH is 1. The average molecular weight is 610 g/mol. The zero-order valence-electron chi connectivity index (χ0n) is 24.0. The van der Waals surface area contributed by atoms with Gasteiger partial charge in [0.15, 0.2) is 0 Å². The van der Waals surface area contributed by atoms with Crippen molar-refractivity contribution in [3.8, 4) is 0 Å². The number of carboxylic acids is 1. The lowest BCUT2D eigenvalue weighted by Gasteiger charge is -2.43. The van der Waals surface area contributed by atoms with E-state index in [-0.39, 0.29) is 15.9 Å². The van der Waals surface area contributed by atoms with Crippen LogP contribution in [-0.2, 0) is 24.4 Å². The van der Waals surface area contributed by atoms with Crippen LogP contribution in [0.1, 0.15) is 28.7 Å². The Kier molecular flexibility index (Phi) is 10.6. The normalized spacial score (nSPS) is 19.7. The van der Waals surface area contributed by atoms with Gasteiger partial charge in [0.25, 0.3) is 11.4 Å². The van der Waals surface area contributed by atoms with Gasteiger partial charge in [-0.15, -0.1) is 7.05 Å². The van der Waals surface area contributed by atoms with Crippen LogP contribution in [0.4, 0.5) is 11.4 Å². The fourth-order valence-corrected chi connectivity index (χ4v) is 5.04. The molecule has 1 aliphatic heterocycles. The predicted octanol–water partition coefficient (Wildman–Crippen LogP) is 1.26. The van der Waals surface area contributed by atoms with Crippen LogP contribution in [0.5, 0.6) is 0 Å². The van der Waals surface area contributed by atoms with Crippen LogP contribution in [0.15, 0.2) is 55.0 Å². The smallest absolute Gasteiger partial charge is 0.323 e. The van der Waals surface area contributed by atoms with Gasteiger partial charge in [-0.3, -0.25) is 49.8 Å². The highest BCUT2D eigenvalue weighted by Gasteiger charge is 2.26. The summed E-state index contributed by atoms with van der Waals surface area (Å²) in [7, 11) is 4.49. The van der Waals surface area contributed by atoms with Crippen LogP contribution < -0.4 is 5.73 Å². The summed E-state index contributed by atoms with van der Waals surface area (Å²) in [5.74, 6) is -1.32. The van der Waals surface area contributed by atoms with Gasteiger partial charge in [-0.05, 0) is 17.7 Å². The number of aliphatic hydroxyl groups is 1. The van der Waals surface area contributed by atoms with Crippen molar-refractivity contribution < 1.29 is 29.3 Å². The Morgan fingerprint density at radius 3 is 1.89 bits per heavy atom. The van der Waals surface area contributed by atoms with Crippen LogP contribution in [0.25, 0.3) is 0 Å². The second kappa shape index (κ2) is 14.3. The van der Waals surface area contributed by atoms with E-state index in [1.54, 1.807) is 6.07 Å². The molecule has 0 saturated carbocycles. The van der Waals surface area contributed by atoms with E-state index in [2.05, 4.69) is 31.8 Å². The summed E-state index contributed by atoms with van der Waals surface area (Å²) < 4.78 is 0.267. The SMILES string of the molecule is [CH2-][N+]1(Cc2cc([N+](=O)[O-])ccn2)CCN(Cc2cc([C@H](O)[C@H](N)C(=O)O)ccn2)CCN(Cc2cc([N+](=O)[O-])ccn2)CC1. The minimum absolute atomic E-state index is 0.0457. The number of carboxylic acid groups (broad SMARTS) is 1. The van der Waals surface area contributed by atoms with E-state index in [4.69, 9.17) is 5.73 Å². The molecule has 0 aliphatic carbocycles. The molecule has 234 valence electrons. The summed E-state index contributed by atoms with van der Waals surface area (Å²) in [6, 6.07) is 7.24. The molecule has 1 saturated heterocycles. The maximum absolute atomic E-state index is 11.3. The van der Waals surface area contributed by atoms with Crippen molar-refractivity contribution in [2.24, 2.45) is 5.73 Å². The number of aromatic nitrogens is 3. The predicted molar refractivity (Wildman–Crippen MR) is 156 cm³/mol. The first kappa shape index (κ1) is 32.4. The second-order valence-corrected chi connectivity index (χ2v) is 10.9. The zero-order chi connectivity index (χ0) is 31.9. The van der Waals surface area contributed by atoms with Gasteiger partial charge in [-0.25, -0.2) is 0 Å². The lowest BCUT2D eigenvalue weighted by Crippen LogP contribution is -2.48. The molecule has 4 N–H and O–H groups in total. The fraction of sp³-hybridized carbons (Fsp3) is 0.393. The molecule has 0 aromatic carbocycles. The zero-order valence-corrected chi connectivity index (χ0v) is 24.0. The number of nitrogens with two attached hydrogens (primary N) is 1. The van der Waals surface area contributed by atoms with E-state index in [9.17, 15) is 35.2 Å². The van der Waals surface area contributed by atoms with Crippen LogP contribution >= 0.6 is 0 Å². The van der Waals surface area contributed by atoms with Crippen LogP contribution in [-0.4, -0.2) is 101 Å². The highest BCUT2D eigenvalue weighted by molar-refractivity contribution is 5.74. The number of nitrogens with zero attached hydrogens (tertiary/aromatic N) is 8. The fourth-order valence-electron chi connectivity index (χ4n) is 5.04. The van der Waals surface area contributed by atoms with Crippen LogP contribution in [0.2, 0.25) is 0 Å². The van der Waals surface area contributed by atoms with Crippen molar-refractivity contribution in [2.75, 3.05) is 39.3 Å². The van der Waals surface area contributed by atoms with Crippen LogP contribution in [0.3, 0.4) is 0 Å². The highest BCUT2D eigenvalue weighted by Crippen LogP contribution is 2.21. The van der Waals surface area contributed by atoms with Crippen molar-refractivity contribution >= 4 is 17.3 Å². The molecule has 1 fully saturated rings. The summed E-state index contributed by atoms with van der Waals surface area (Å²) in [6.07, 6.45) is 2.91. The molecule has 4 rings (SSSR count). The average Bonchev–Trinajstić information content (AvgIpc) is 3.07. The summed E-state index contributed by atoms with van der Waals surface area (Å²) in [5.41, 5.74) is 7.55. The molecule has 44 heavy (non-hydrogen) atoms. The molecule has 3 aromatic heterocycles. The summed E-state index contributed by atoms with van der Waals surface area (Å²) in [5, 5.41) is 42.3. The van der Waals surface area contributed by atoms with Crippen molar-refractivity contribution in [1.29, 1.82) is 0 Å². The largest absolute Gasteiger partial charge is 0.480 e. The number of nitro groups is 2. The monoisotopic (exact) mass is 609 g/mol. The Morgan fingerprint density at radius 2 is 1.36 bits per heavy atom. The molecule has 0 spiro atoms. The Balaban J connectivity index is 1.57. The number of carbonyl (C=O) groups is 1. The third-order valence-corrected chi connectivity index (χ3v) is 7.61. The molecule has 0 amide bonds. The molecule has 16 nitrogen and oxygen atoms in total. The minimum atomic E-state index is -1.49. The Morgan fingerprint density at radius 1 is 0.886 bits per heavy atom. The molecule has 0 bridgehead atoms. The topological polar surface area (TPSA) is 215 Å². The van der Waals surface area contributed by atoms with Gasteiger partial charge in [0.05, 0.1) is 46.6 Å². The lowest BCUT2D eigenvalue weighted by atomic mass is 10.0. The first-order valence-electron chi connectivity index (χ1n) is 13.9. The minimum Gasteiger partial charge on any atom is -0.480 e.